The van der Waals surface area contributed by atoms with E-state index in [1.54, 1.807) is 11.4 Å². The van der Waals surface area contributed by atoms with Crippen LogP contribution < -0.4 is 0 Å². The molecule has 3 rings (SSSR count). The first-order chi connectivity index (χ1) is 11.6. The summed E-state index contributed by atoms with van der Waals surface area (Å²) in [6, 6.07) is 11.7. The van der Waals surface area contributed by atoms with Crippen molar-refractivity contribution >= 4 is 23.4 Å². The van der Waals surface area contributed by atoms with Gasteiger partial charge in [-0.25, -0.2) is 0 Å². The van der Waals surface area contributed by atoms with Gasteiger partial charge in [-0.3, -0.25) is 4.79 Å². The molecule has 6 nitrogen and oxygen atoms in total. The molecule has 0 spiro atoms. The Hall–Kier alpha value is -2.41. The van der Waals surface area contributed by atoms with Gasteiger partial charge in [0.15, 0.2) is 11.5 Å². The van der Waals surface area contributed by atoms with Crippen LogP contribution in [-0.2, 0) is 9.53 Å². The minimum Gasteiger partial charge on any atom is -0.465 e. The minimum atomic E-state index is -0.325. The van der Waals surface area contributed by atoms with Crippen molar-refractivity contribution in [1.82, 2.24) is 19.8 Å². The van der Waals surface area contributed by atoms with Crippen LogP contribution in [0.5, 0.6) is 0 Å². The highest BCUT2D eigenvalue weighted by Gasteiger charge is 2.17. The molecular formula is C17H18N4O2S. The number of aromatic nitrogens is 4. The van der Waals surface area contributed by atoms with Gasteiger partial charge >= 0.3 is 5.97 Å². The molecule has 0 fully saturated rings. The lowest BCUT2D eigenvalue weighted by Gasteiger charge is -2.09. The molecule has 0 aliphatic carbocycles. The molecule has 1 atom stereocenters. The van der Waals surface area contributed by atoms with E-state index >= 15 is 0 Å². The van der Waals surface area contributed by atoms with E-state index in [4.69, 9.17) is 4.74 Å². The topological polar surface area (TPSA) is 69.4 Å². The Kier molecular flexibility index (Phi) is 4.80. The van der Waals surface area contributed by atoms with Crippen molar-refractivity contribution in [3.8, 4) is 11.4 Å². The molecule has 3 aromatic rings. The van der Waals surface area contributed by atoms with Crippen LogP contribution in [0.25, 0.3) is 17.0 Å². The Morgan fingerprint density at radius 1 is 1.21 bits per heavy atom. The lowest BCUT2D eigenvalue weighted by molar-refractivity contribution is -0.142. The van der Waals surface area contributed by atoms with Crippen molar-refractivity contribution in [2.75, 3.05) is 6.61 Å². The predicted molar refractivity (Wildman–Crippen MR) is 92.9 cm³/mol. The summed E-state index contributed by atoms with van der Waals surface area (Å²) >= 11 is 1.35. The van der Waals surface area contributed by atoms with Crippen molar-refractivity contribution in [1.29, 1.82) is 0 Å². The molecule has 24 heavy (non-hydrogen) atoms. The molecule has 1 aromatic carbocycles. The molecule has 0 unspecified atom stereocenters. The van der Waals surface area contributed by atoms with Gasteiger partial charge in [0.05, 0.1) is 6.61 Å². The van der Waals surface area contributed by atoms with E-state index in [1.165, 1.54) is 17.3 Å². The normalized spacial score (nSPS) is 12.3. The van der Waals surface area contributed by atoms with Gasteiger partial charge in [-0.2, -0.15) is 9.61 Å². The first-order valence-corrected chi connectivity index (χ1v) is 8.59. The van der Waals surface area contributed by atoms with Gasteiger partial charge in [-0.1, -0.05) is 41.6 Å². The molecule has 2 heterocycles. The summed E-state index contributed by atoms with van der Waals surface area (Å²) in [6.45, 7) is 6.01. The molecule has 0 radical (unpaired) electrons. The van der Waals surface area contributed by atoms with Crippen molar-refractivity contribution in [2.45, 2.75) is 31.0 Å². The third-order valence-corrected chi connectivity index (χ3v) is 4.47. The summed E-state index contributed by atoms with van der Waals surface area (Å²) in [5, 5.41) is 13.3. The highest BCUT2D eigenvalue weighted by atomic mass is 32.2. The third kappa shape index (κ3) is 3.41. The van der Waals surface area contributed by atoms with Gasteiger partial charge in [0.1, 0.15) is 10.3 Å². The van der Waals surface area contributed by atoms with Gasteiger partial charge in [0.2, 0.25) is 0 Å². The van der Waals surface area contributed by atoms with Crippen LogP contribution in [0.4, 0.5) is 0 Å². The number of hydrogen-bond acceptors (Lipinski definition) is 6. The Morgan fingerprint density at radius 2 is 1.96 bits per heavy atom. The molecule has 0 aliphatic heterocycles. The molecule has 0 amide bonds. The standard InChI is InChI=1S/C17H18N4O2S/c1-4-23-17(22)12(3)24-15-10-9-14-18-19-16(21(14)20-15)13-7-5-11(2)6-8-13/h5-10,12H,4H2,1-3H3/t12-/m0/s1. The second-order valence-electron chi connectivity index (χ2n) is 5.34. The Labute approximate surface area is 144 Å². The summed E-state index contributed by atoms with van der Waals surface area (Å²) in [5.41, 5.74) is 2.79. The van der Waals surface area contributed by atoms with Crippen LogP contribution in [0.15, 0.2) is 41.4 Å². The second-order valence-corrected chi connectivity index (χ2v) is 6.70. The van der Waals surface area contributed by atoms with E-state index in [9.17, 15) is 4.79 Å². The maximum Gasteiger partial charge on any atom is 0.319 e. The number of rotatable bonds is 5. The van der Waals surface area contributed by atoms with E-state index in [0.29, 0.717) is 18.1 Å². The Morgan fingerprint density at radius 3 is 2.67 bits per heavy atom. The summed E-state index contributed by atoms with van der Waals surface area (Å²) in [4.78, 5) is 11.8. The zero-order valence-electron chi connectivity index (χ0n) is 13.8. The number of carbonyl (C=O) groups is 1. The fraction of sp³-hybridized carbons (Fsp3) is 0.294. The molecule has 7 heteroatoms. The molecule has 0 N–H and O–H groups in total. The Balaban J connectivity index is 1.91. The largest absolute Gasteiger partial charge is 0.465 e. The number of esters is 1. The molecule has 0 saturated carbocycles. The summed E-state index contributed by atoms with van der Waals surface area (Å²) in [7, 11) is 0. The maximum absolute atomic E-state index is 11.8. The monoisotopic (exact) mass is 342 g/mol. The van der Waals surface area contributed by atoms with E-state index in [2.05, 4.69) is 15.3 Å². The van der Waals surface area contributed by atoms with E-state index in [-0.39, 0.29) is 11.2 Å². The molecule has 124 valence electrons. The number of aryl methyl sites for hydroxylation is 1. The smallest absolute Gasteiger partial charge is 0.319 e. The highest BCUT2D eigenvalue weighted by Crippen LogP contribution is 2.24. The van der Waals surface area contributed by atoms with E-state index < -0.39 is 0 Å². The summed E-state index contributed by atoms with van der Waals surface area (Å²) < 4.78 is 6.73. The average Bonchev–Trinajstić information content (AvgIpc) is 2.99. The number of nitrogens with zero attached hydrogens (tertiary/aromatic N) is 4. The van der Waals surface area contributed by atoms with Crippen LogP contribution >= 0.6 is 11.8 Å². The fourth-order valence-corrected chi connectivity index (χ4v) is 3.01. The number of carbonyl (C=O) groups excluding carboxylic acids is 1. The number of hydrogen-bond donors (Lipinski definition) is 0. The van der Waals surface area contributed by atoms with E-state index in [1.807, 2.05) is 50.2 Å². The first kappa shape index (κ1) is 16.4. The zero-order valence-corrected chi connectivity index (χ0v) is 14.6. The van der Waals surface area contributed by atoms with Gasteiger partial charge in [0, 0.05) is 5.56 Å². The SMILES string of the molecule is CCOC(=O)[C@H](C)Sc1ccc2nnc(-c3ccc(C)cc3)n2n1. The quantitative estimate of drug-likeness (QED) is 0.524. The number of benzene rings is 1. The summed E-state index contributed by atoms with van der Waals surface area (Å²) in [5.74, 6) is 0.433. The lowest BCUT2D eigenvalue weighted by Crippen LogP contribution is -2.17. The van der Waals surface area contributed by atoms with Crippen LogP contribution in [0.2, 0.25) is 0 Å². The molecule has 2 aromatic heterocycles. The zero-order chi connectivity index (χ0) is 17.1. The Bertz CT molecular complexity index is 861. The van der Waals surface area contributed by atoms with Crippen LogP contribution in [0, 0.1) is 6.92 Å². The fourth-order valence-electron chi connectivity index (χ4n) is 2.21. The minimum absolute atomic E-state index is 0.244. The predicted octanol–water partition coefficient (Wildman–Crippen LogP) is 3.14. The van der Waals surface area contributed by atoms with Gasteiger partial charge in [-0.05, 0) is 32.9 Å². The van der Waals surface area contributed by atoms with Crippen molar-refractivity contribution in [3.63, 3.8) is 0 Å². The van der Waals surface area contributed by atoms with Gasteiger partial charge in [0.25, 0.3) is 0 Å². The lowest BCUT2D eigenvalue weighted by atomic mass is 10.1. The number of fused-ring (bicyclic) bond motifs is 1. The number of thioether (sulfide) groups is 1. The van der Waals surface area contributed by atoms with Crippen molar-refractivity contribution < 1.29 is 9.53 Å². The van der Waals surface area contributed by atoms with Crippen LogP contribution in [-0.4, -0.2) is 37.6 Å². The third-order valence-electron chi connectivity index (χ3n) is 3.46. The maximum atomic E-state index is 11.8. The molecule has 0 aliphatic rings. The average molecular weight is 342 g/mol. The van der Waals surface area contributed by atoms with Crippen LogP contribution in [0.3, 0.4) is 0 Å². The number of ether oxygens (including phenoxy) is 1. The highest BCUT2D eigenvalue weighted by molar-refractivity contribution is 8.00. The van der Waals surface area contributed by atoms with Gasteiger partial charge in [-0.15, -0.1) is 10.2 Å². The molecular weight excluding hydrogens is 324 g/mol. The van der Waals surface area contributed by atoms with E-state index in [0.717, 1.165) is 10.6 Å². The van der Waals surface area contributed by atoms with Crippen molar-refractivity contribution in [2.24, 2.45) is 0 Å². The first-order valence-electron chi connectivity index (χ1n) is 7.71. The van der Waals surface area contributed by atoms with Crippen LogP contribution in [0.1, 0.15) is 19.4 Å². The molecule has 0 bridgehead atoms. The molecule has 0 saturated heterocycles. The second kappa shape index (κ2) is 7.00. The van der Waals surface area contributed by atoms with Gasteiger partial charge < -0.3 is 4.74 Å². The van der Waals surface area contributed by atoms with Crippen molar-refractivity contribution in [3.05, 3.63) is 42.0 Å². The summed E-state index contributed by atoms with van der Waals surface area (Å²) in [6.07, 6.45) is 0.